The lowest BCUT2D eigenvalue weighted by Crippen LogP contribution is -3.15. The van der Waals surface area contributed by atoms with E-state index in [-0.39, 0.29) is 15.7 Å². The number of anilines is 1. The van der Waals surface area contributed by atoms with Crippen molar-refractivity contribution in [2.45, 2.75) is 4.90 Å². The van der Waals surface area contributed by atoms with Crippen LogP contribution in [0.15, 0.2) is 53.4 Å². The Labute approximate surface area is 158 Å². The molecule has 0 unspecified atom stereocenters. The molecule has 2 aromatic carbocycles. The molecule has 1 aliphatic rings. The van der Waals surface area contributed by atoms with E-state index in [1.165, 1.54) is 22.7 Å². The van der Waals surface area contributed by atoms with Crippen molar-refractivity contribution in [3.8, 4) is 0 Å². The van der Waals surface area contributed by atoms with Gasteiger partial charge in [-0.1, -0.05) is 41.4 Å². The second kappa shape index (κ2) is 7.96. The van der Waals surface area contributed by atoms with Crippen LogP contribution in [0, 0.1) is 0 Å². The molecule has 0 spiro atoms. The van der Waals surface area contributed by atoms with Gasteiger partial charge in [-0.2, -0.15) is 0 Å². The summed E-state index contributed by atoms with van der Waals surface area (Å²) in [5.74, 6) is 0.0771. The Morgan fingerprint density at radius 2 is 1.68 bits per heavy atom. The van der Waals surface area contributed by atoms with Gasteiger partial charge in [-0.3, -0.25) is 0 Å². The molecule has 25 heavy (non-hydrogen) atoms. The topological polar surface area (TPSA) is 41.8 Å². The SMILES string of the molecule is O=S(=O)(CC[NH+]1CCN(c2ccccc2)CC1)c1cc(Cl)ccc1Cl. The van der Waals surface area contributed by atoms with Gasteiger partial charge in [0.05, 0.1) is 42.6 Å². The van der Waals surface area contributed by atoms with E-state index in [1.807, 2.05) is 18.2 Å². The summed E-state index contributed by atoms with van der Waals surface area (Å²) < 4.78 is 25.1. The minimum Gasteiger partial charge on any atom is -0.360 e. The van der Waals surface area contributed by atoms with Crippen LogP contribution in [0.25, 0.3) is 0 Å². The molecular weight excluding hydrogens is 379 g/mol. The summed E-state index contributed by atoms with van der Waals surface area (Å²) in [6, 6.07) is 14.9. The van der Waals surface area contributed by atoms with Crippen molar-refractivity contribution in [1.82, 2.24) is 0 Å². The van der Waals surface area contributed by atoms with Crippen molar-refractivity contribution >= 4 is 38.7 Å². The molecule has 1 fully saturated rings. The maximum absolute atomic E-state index is 12.6. The van der Waals surface area contributed by atoms with E-state index in [9.17, 15) is 8.42 Å². The lowest BCUT2D eigenvalue weighted by atomic mass is 10.2. The third-order valence-corrected chi connectivity index (χ3v) is 6.97. The molecule has 0 radical (unpaired) electrons. The van der Waals surface area contributed by atoms with Crippen LogP contribution >= 0.6 is 23.2 Å². The fraction of sp³-hybridized carbons (Fsp3) is 0.333. The lowest BCUT2D eigenvalue weighted by molar-refractivity contribution is -0.898. The molecule has 1 aliphatic heterocycles. The lowest BCUT2D eigenvalue weighted by Gasteiger charge is -2.33. The number of rotatable bonds is 5. The number of piperazine rings is 1. The van der Waals surface area contributed by atoms with Crippen LogP contribution in [0.4, 0.5) is 5.69 Å². The number of quaternary nitrogens is 1. The van der Waals surface area contributed by atoms with E-state index in [1.54, 1.807) is 6.07 Å². The van der Waals surface area contributed by atoms with Gasteiger partial charge in [0.25, 0.3) is 0 Å². The number of benzene rings is 2. The van der Waals surface area contributed by atoms with Crippen molar-refractivity contribution in [3.05, 3.63) is 58.6 Å². The van der Waals surface area contributed by atoms with Crippen LogP contribution in [-0.2, 0) is 9.84 Å². The van der Waals surface area contributed by atoms with Crippen LogP contribution in [0.5, 0.6) is 0 Å². The summed E-state index contributed by atoms with van der Waals surface area (Å²) in [4.78, 5) is 3.77. The molecule has 3 rings (SSSR count). The van der Waals surface area contributed by atoms with Gasteiger partial charge in [-0.15, -0.1) is 0 Å². The molecule has 4 nitrogen and oxygen atoms in total. The van der Waals surface area contributed by atoms with Gasteiger partial charge in [-0.25, -0.2) is 8.42 Å². The van der Waals surface area contributed by atoms with Crippen molar-refractivity contribution < 1.29 is 13.3 Å². The number of sulfone groups is 1. The molecule has 0 amide bonds. The Balaban J connectivity index is 1.57. The van der Waals surface area contributed by atoms with Crippen LogP contribution in [0.2, 0.25) is 10.0 Å². The number of hydrogen-bond donors (Lipinski definition) is 1. The molecule has 1 N–H and O–H groups in total. The zero-order chi connectivity index (χ0) is 17.9. The molecule has 134 valence electrons. The third kappa shape index (κ3) is 4.67. The average molecular weight is 400 g/mol. The highest BCUT2D eigenvalue weighted by atomic mass is 35.5. The number of nitrogens with zero attached hydrogens (tertiary/aromatic N) is 1. The van der Waals surface area contributed by atoms with E-state index < -0.39 is 9.84 Å². The first-order valence-corrected chi connectivity index (χ1v) is 10.7. The minimum absolute atomic E-state index is 0.0771. The zero-order valence-electron chi connectivity index (χ0n) is 13.8. The maximum atomic E-state index is 12.6. The zero-order valence-corrected chi connectivity index (χ0v) is 16.1. The Hall–Kier alpha value is -1.27. The summed E-state index contributed by atoms with van der Waals surface area (Å²) in [6.07, 6.45) is 0. The van der Waals surface area contributed by atoms with Gasteiger partial charge in [-0.05, 0) is 30.3 Å². The maximum Gasteiger partial charge on any atom is 0.185 e. The second-order valence-corrected chi connectivity index (χ2v) is 9.14. The predicted octanol–water partition coefficient (Wildman–Crippen LogP) is 2.17. The Bertz CT molecular complexity index is 820. The molecule has 1 saturated heterocycles. The van der Waals surface area contributed by atoms with E-state index >= 15 is 0 Å². The van der Waals surface area contributed by atoms with Crippen molar-refractivity contribution in [2.75, 3.05) is 43.4 Å². The van der Waals surface area contributed by atoms with Crippen molar-refractivity contribution in [1.29, 1.82) is 0 Å². The Morgan fingerprint density at radius 1 is 1.00 bits per heavy atom. The minimum atomic E-state index is -3.43. The molecule has 0 bridgehead atoms. The number of hydrogen-bond acceptors (Lipinski definition) is 3. The molecule has 0 aromatic heterocycles. The first-order valence-electron chi connectivity index (χ1n) is 8.27. The molecule has 0 atom stereocenters. The molecular formula is C18H21Cl2N2O2S+. The summed E-state index contributed by atoms with van der Waals surface area (Å²) >= 11 is 12.0. The van der Waals surface area contributed by atoms with Gasteiger partial charge in [0.15, 0.2) is 9.84 Å². The number of halogens is 2. The third-order valence-electron chi connectivity index (χ3n) is 4.54. The van der Waals surface area contributed by atoms with Gasteiger partial charge < -0.3 is 9.80 Å². The summed E-state index contributed by atoms with van der Waals surface area (Å²) in [5.41, 5.74) is 1.22. The summed E-state index contributed by atoms with van der Waals surface area (Å²) in [6.45, 7) is 4.28. The largest absolute Gasteiger partial charge is 0.360 e. The average Bonchev–Trinajstić information content (AvgIpc) is 2.63. The normalized spacial score (nSPS) is 16.2. The summed E-state index contributed by atoms with van der Waals surface area (Å²) in [5, 5.41) is 0.611. The number of nitrogens with one attached hydrogen (secondary N) is 1. The Morgan fingerprint density at radius 3 is 2.36 bits per heavy atom. The fourth-order valence-corrected chi connectivity index (χ4v) is 5.23. The number of para-hydroxylation sites is 1. The highest BCUT2D eigenvalue weighted by molar-refractivity contribution is 7.91. The highest BCUT2D eigenvalue weighted by Crippen LogP contribution is 2.25. The van der Waals surface area contributed by atoms with E-state index in [4.69, 9.17) is 23.2 Å². The van der Waals surface area contributed by atoms with Crippen LogP contribution in [-0.4, -0.2) is 46.9 Å². The monoisotopic (exact) mass is 399 g/mol. The first-order chi connectivity index (χ1) is 12.0. The van der Waals surface area contributed by atoms with Crippen LogP contribution in [0.1, 0.15) is 0 Å². The fourth-order valence-electron chi connectivity index (χ4n) is 3.07. The molecule has 1 heterocycles. The van der Waals surface area contributed by atoms with E-state index in [0.29, 0.717) is 11.6 Å². The van der Waals surface area contributed by atoms with Crippen LogP contribution in [0.3, 0.4) is 0 Å². The first kappa shape index (κ1) is 18.5. The van der Waals surface area contributed by atoms with Crippen LogP contribution < -0.4 is 9.80 Å². The van der Waals surface area contributed by atoms with E-state index in [2.05, 4.69) is 17.0 Å². The Kier molecular flexibility index (Phi) is 5.89. The van der Waals surface area contributed by atoms with Gasteiger partial charge >= 0.3 is 0 Å². The smallest absolute Gasteiger partial charge is 0.185 e. The van der Waals surface area contributed by atoms with Gasteiger partial charge in [0, 0.05) is 10.7 Å². The van der Waals surface area contributed by atoms with Crippen molar-refractivity contribution in [3.63, 3.8) is 0 Å². The second-order valence-electron chi connectivity index (χ2n) is 6.22. The predicted molar refractivity (Wildman–Crippen MR) is 103 cm³/mol. The molecule has 0 saturated carbocycles. The molecule has 2 aromatic rings. The van der Waals surface area contributed by atoms with Gasteiger partial charge in [0.2, 0.25) is 0 Å². The highest BCUT2D eigenvalue weighted by Gasteiger charge is 2.24. The summed E-state index contributed by atoms with van der Waals surface area (Å²) in [7, 11) is -3.43. The van der Waals surface area contributed by atoms with E-state index in [0.717, 1.165) is 26.2 Å². The quantitative estimate of drug-likeness (QED) is 0.837. The standard InChI is InChI=1S/C18H20Cl2N2O2S/c19-15-6-7-17(20)18(14-15)25(23,24)13-12-21-8-10-22(11-9-21)16-4-2-1-3-5-16/h1-7,14H,8-13H2/p+1. The molecule has 7 heteroatoms. The van der Waals surface area contributed by atoms with Crippen molar-refractivity contribution in [2.24, 2.45) is 0 Å². The van der Waals surface area contributed by atoms with Gasteiger partial charge in [0.1, 0.15) is 5.75 Å². The molecule has 0 aliphatic carbocycles.